The molecule has 1 saturated heterocycles. The number of ether oxygens (including phenoxy) is 2. The number of hydrogen-bond donors (Lipinski definition) is 2. The first kappa shape index (κ1) is 57.6. The standard InChI is InChI=1S/C53H84N6O9/c1-14-36(6)50(57(11)53(66)40(34(2)3)32-44(61)49(35(4)5)56(9)10)45(67-12)33-48(64)59-29-20-23-42(59)51(68-13)38(8)52(65)55-41(31-39-21-16-15-17-22-39)43(60)24-18-19-28-54-46(62)27-30-58-37(7)25-26-47(58)63/h15-17,21-22,25-26,34-36,38,40-42,45,49-51H,7,14,18-20,23-24,27-33H2,1-6,8-13H3,(H,54,62)(H,55,65)/t36-,38+,40-,41-,42-,45+,49-,50-,51+/m0/s1. The molecule has 0 radical (unpaired) electrons. The average Bonchev–Trinajstić information content (AvgIpc) is 3.91. The Bertz CT molecular complexity index is 1860. The number of ketones is 2. The highest BCUT2D eigenvalue weighted by atomic mass is 16.5. The Hall–Kier alpha value is -4.73. The van der Waals surface area contributed by atoms with Crippen molar-refractivity contribution in [3.8, 4) is 0 Å². The number of rotatable bonds is 30. The molecule has 380 valence electrons. The van der Waals surface area contributed by atoms with Gasteiger partial charge in [0.05, 0.1) is 48.7 Å². The third-order valence-corrected chi connectivity index (χ3v) is 14.1. The fourth-order valence-corrected chi connectivity index (χ4v) is 10.0. The summed E-state index contributed by atoms with van der Waals surface area (Å²) in [6.07, 6.45) is 5.59. The van der Waals surface area contributed by atoms with Crippen LogP contribution in [0.1, 0.15) is 112 Å². The van der Waals surface area contributed by atoms with Crippen LogP contribution in [0.4, 0.5) is 0 Å². The Labute approximate surface area is 407 Å². The zero-order chi connectivity index (χ0) is 50.8. The van der Waals surface area contributed by atoms with Gasteiger partial charge in [-0.05, 0) is 75.6 Å². The first-order valence-corrected chi connectivity index (χ1v) is 24.8. The second-order valence-corrected chi connectivity index (χ2v) is 19.9. The van der Waals surface area contributed by atoms with Gasteiger partial charge in [-0.2, -0.15) is 0 Å². The third-order valence-electron chi connectivity index (χ3n) is 14.1. The van der Waals surface area contributed by atoms with Gasteiger partial charge < -0.3 is 34.8 Å². The van der Waals surface area contributed by atoms with Crippen molar-refractivity contribution in [3.05, 3.63) is 60.3 Å². The van der Waals surface area contributed by atoms with Gasteiger partial charge in [-0.25, -0.2) is 0 Å². The van der Waals surface area contributed by atoms with Crippen molar-refractivity contribution in [2.75, 3.05) is 55.0 Å². The van der Waals surface area contributed by atoms with Crippen LogP contribution >= 0.6 is 0 Å². The first-order chi connectivity index (χ1) is 32.2. The summed E-state index contributed by atoms with van der Waals surface area (Å²) in [5.74, 6) is -2.46. The highest BCUT2D eigenvalue weighted by molar-refractivity contribution is 5.93. The van der Waals surface area contributed by atoms with Crippen molar-refractivity contribution in [2.24, 2.45) is 29.6 Å². The van der Waals surface area contributed by atoms with E-state index in [2.05, 4.69) is 24.1 Å². The number of Topliss-reactive ketones (excluding diaryl/α,β-unsaturated/α-hetero) is 2. The van der Waals surface area contributed by atoms with E-state index in [1.807, 2.05) is 83.9 Å². The lowest BCUT2D eigenvalue weighted by atomic mass is 9.83. The number of allylic oxidation sites excluding steroid dienone is 1. The van der Waals surface area contributed by atoms with Crippen molar-refractivity contribution in [2.45, 2.75) is 149 Å². The van der Waals surface area contributed by atoms with Gasteiger partial charge in [-0.3, -0.25) is 38.5 Å². The van der Waals surface area contributed by atoms with Crippen LogP contribution in [-0.2, 0) is 49.5 Å². The third kappa shape index (κ3) is 16.2. The van der Waals surface area contributed by atoms with Gasteiger partial charge in [0.1, 0.15) is 0 Å². The largest absolute Gasteiger partial charge is 0.379 e. The molecule has 0 aromatic heterocycles. The highest BCUT2D eigenvalue weighted by Gasteiger charge is 2.43. The van der Waals surface area contributed by atoms with Crippen LogP contribution in [0.2, 0.25) is 0 Å². The maximum absolute atomic E-state index is 14.5. The second-order valence-electron chi connectivity index (χ2n) is 19.9. The van der Waals surface area contributed by atoms with E-state index in [0.29, 0.717) is 50.9 Å². The molecule has 2 aliphatic heterocycles. The number of amides is 5. The van der Waals surface area contributed by atoms with E-state index in [1.54, 1.807) is 37.0 Å². The second kappa shape index (κ2) is 28.1. The molecule has 0 aliphatic carbocycles. The van der Waals surface area contributed by atoms with Crippen LogP contribution in [0.5, 0.6) is 0 Å². The quantitative estimate of drug-likeness (QED) is 0.0924. The summed E-state index contributed by atoms with van der Waals surface area (Å²) in [4.78, 5) is 102. The zero-order valence-electron chi connectivity index (χ0n) is 43.3. The first-order valence-electron chi connectivity index (χ1n) is 24.8. The molecule has 1 fully saturated rings. The molecular weight excluding hydrogens is 865 g/mol. The van der Waals surface area contributed by atoms with Gasteiger partial charge in [0.2, 0.25) is 23.6 Å². The molecule has 15 nitrogen and oxygen atoms in total. The van der Waals surface area contributed by atoms with E-state index in [1.165, 1.54) is 18.1 Å². The van der Waals surface area contributed by atoms with Crippen LogP contribution in [-0.4, -0.2) is 152 Å². The van der Waals surface area contributed by atoms with Crippen LogP contribution in [0.25, 0.3) is 0 Å². The van der Waals surface area contributed by atoms with E-state index >= 15 is 0 Å². The van der Waals surface area contributed by atoms with Gasteiger partial charge in [0.25, 0.3) is 5.91 Å². The van der Waals surface area contributed by atoms with Gasteiger partial charge in [-0.1, -0.05) is 91.8 Å². The number of methoxy groups -OCH3 is 2. The van der Waals surface area contributed by atoms with Gasteiger partial charge >= 0.3 is 0 Å². The molecule has 9 atom stereocenters. The highest BCUT2D eigenvalue weighted by Crippen LogP contribution is 2.31. The van der Waals surface area contributed by atoms with Crippen molar-refractivity contribution in [1.82, 2.24) is 30.2 Å². The molecule has 5 amide bonds. The molecule has 0 spiro atoms. The van der Waals surface area contributed by atoms with Crippen molar-refractivity contribution in [1.29, 1.82) is 0 Å². The molecule has 1 aromatic rings. The summed E-state index contributed by atoms with van der Waals surface area (Å²) < 4.78 is 12.1. The number of likely N-dealkylation sites (tertiary alicyclic amines) is 1. The molecule has 0 saturated carbocycles. The summed E-state index contributed by atoms with van der Waals surface area (Å²) in [7, 11) is 8.64. The Morgan fingerprint density at radius 1 is 0.868 bits per heavy atom. The lowest BCUT2D eigenvalue weighted by molar-refractivity contribution is -0.149. The molecule has 15 heteroatoms. The molecule has 2 N–H and O–H groups in total. The zero-order valence-corrected chi connectivity index (χ0v) is 43.3. The molecule has 2 heterocycles. The Kier molecular flexibility index (Phi) is 23.8. The number of nitrogens with zero attached hydrogens (tertiary/aromatic N) is 4. The summed E-state index contributed by atoms with van der Waals surface area (Å²) >= 11 is 0. The lowest BCUT2D eigenvalue weighted by Crippen LogP contribution is -2.55. The molecule has 1 aromatic carbocycles. The summed E-state index contributed by atoms with van der Waals surface area (Å²) in [6.45, 7) is 18.7. The normalized spacial score (nSPS) is 18.6. The van der Waals surface area contributed by atoms with Crippen LogP contribution < -0.4 is 10.6 Å². The fraction of sp³-hybridized carbons (Fsp3) is 0.679. The minimum Gasteiger partial charge on any atom is -0.379 e. The molecule has 68 heavy (non-hydrogen) atoms. The van der Waals surface area contributed by atoms with Crippen molar-refractivity contribution in [3.63, 3.8) is 0 Å². The molecule has 0 bridgehead atoms. The SMILES string of the molecule is C=C1C=CC(=O)N1CCC(=O)NCCCCC(=O)[C@H](Cc1ccccc1)NC(=O)[C@H](C)[C@@H](OC)[C@@H]1CCCN1C(=O)C[C@@H](OC)[C@H]([C@@H](C)CC)N(C)C(=O)[C@@H](CC(=O)[C@H](C(C)C)N(C)C)C(C)C. The summed E-state index contributed by atoms with van der Waals surface area (Å²) in [5, 5.41) is 5.89. The number of nitrogens with one attached hydrogen (secondary N) is 2. The molecular formula is C53H84N6O9. The number of carbonyl (C=O) groups excluding carboxylic acids is 7. The number of carbonyl (C=O) groups is 7. The smallest absolute Gasteiger partial charge is 0.251 e. The summed E-state index contributed by atoms with van der Waals surface area (Å²) in [6, 6.07) is 7.51. The number of likely N-dealkylation sites (N-methyl/N-ethyl adjacent to an activating group) is 2. The minimum absolute atomic E-state index is 0.00276. The van der Waals surface area contributed by atoms with Gasteiger partial charge in [0.15, 0.2) is 11.6 Å². The minimum atomic E-state index is -0.807. The van der Waals surface area contributed by atoms with Crippen LogP contribution in [0.15, 0.2) is 54.8 Å². The fourth-order valence-electron chi connectivity index (χ4n) is 10.0. The molecule has 2 aliphatic rings. The van der Waals surface area contributed by atoms with E-state index in [9.17, 15) is 33.6 Å². The summed E-state index contributed by atoms with van der Waals surface area (Å²) in [5.41, 5.74) is 1.45. The van der Waals surface area contributed by atoms with E-state index in [4.69, 9.17) is 9.47 Å². The van der Waals surface area contributed by atoms with Crippen LogP contribution in [0.3, 0.4) is 0 Å². The molecule has 0 unspecified atom stereocenters. The number of hydrogen-bond acceptors (Lipinski definition) is 10. The number of unbranched alkanes of at least 4 members (excludes halogenated alkanes) is 1. The van der Waals surface area contributed by atoms with E-state index < -0.39 is 42.2 Å². The Morgan fingerprint density at radius 3 is 2.10 bits per heavy atom. The number of benzene rings is 1. The maximum atomic E-state index is 14.5. The van der Waals surface area contributed by atoms with Crippen molar-refractivity contribution < 1.29 is 43.0 Å². The topological polar surface area (TPSA) is 175 Å². The van der Waals surface area contributed by atoms with Gasteiger partial charge in [0, 0.05) is 77.9 Å². The van der Waals surface area contributed by atoms with E-state index in [0.717, 1.165) is 12.0 Å². The Balaban J connectivity index is 1.70. The molecule has 3 rings (SSSR count). The predicted molar refractivity (Wildman–Crippen MR) is 265 cm³/mol. The predicted octanol–water partition coefficient (Wildman–Crippen LogP) is 5.61. The Morgan fingerprint density at radius 2 is 1.54 bits per heavy atom. The average molecular weight is 949 g/mol. The lowest BCUT2D eigenvalue weighted by Gasteiger charge is -2.41. The van der Waals surface area contributed by atoms with Gasteiger partial charge in [-0.15, -0.1) is 0 Å². The van der Waals surface area contributed by atoms with E-state index in [-0.39, 0.29) is 97.1 Å². The maximum Gasteiger partial charge on any atom is 0.251 e. The van der Waals surface area contributed by atoms with Crippen LogP contribution in [0, 0.1) is 29.6 Å². The van der Waals surface area contributed by atoms with Crippen molar-refractivity contribution >= 4 is 41.1 Å². The monoisotopic (exact) mass is 949 g/mol.